The van der Waals surface area contributed by atoms with Gasteiger partial charge in [0.05, 0.1) is 18.0 Å². The summed E-state index contributed by atoms with van der Waals surface area (Å²) in [6.45, 7) is 1.65. The van der Waals surface area contributed by atoms with E-state index in [0.717, 1.165) is 0 Å². The lowest BCUT2D eigenvalue weighted by Crippen LogP contribution is -2.50. The maximum atomic E-state index is 12.6. The first kappa shape index (κ1) is 19.8. The van der Waals surface area contributed by atoms with Crippen molar-refractivity contribution in [1.29, 1.82) is 0 Å². The molecule has 0 aliphatic carbocycles. The third-order valence-corrected chi connectivity index (χ3v) is 6.53. The molecule has 3 rings (SSSR count). The van der Waals surface area contributed by atoms with Crippen LogP contribution >= 0.6 is 23.2 Å². The van der Waals surface area contributed by atoms with Gasteiger partial charge < -0.3 is 10.1 Å². The summed E-state index contributed by atoms with van der Waals surface area (Å²) >= 11 is 12.0. The molecule has 0 aromatic heterocycles. The van der Waals surface area contributed by atoms with Gasteiger partial charge in [-0.3, -0.25) is 9.10 Å². The number of nitrogens with one attached hydrogen (secondary N) is 1. The first-order chi connectivity index (χ1) is 12.8. The molecule has 6 nitrogen and oxygen atoms in total. The lowest BCUT2D eigenvalue weighted by Gasteiger charge is -2.34. The van der Waals surface area contributed by atoms with Crippen molar-refractivity contribution in [2.75, 3.05) is 16.6 Å². The van der Waals surface area contributed by atoms with Crippen molar-refractivity contribution in [2.45, 2.75) is 19.6 Å². The van der Waals surface area contributed by atoms with Gasteiger partial charge >= 0.3 is 0 Å². The molecule has 1 aliphatic rings. The standard InChI is InChI=1S/C18H18Cl2N2O4S/c1-2-27(24,25)22-11-17(26-16-6-4-3-5-15(16)22)18(23)21-10-12-7-8-13(19)9-14(12)20/h3-9,17H,2,10-11H2,1H3,(H,21,23)/t17-/m0/s1. The Morgan fingerprint density at radius 3 is 2.70 bits per heavy atom. The molecule has 144 valence electrons. The minimum absolute atomic E-state index is 0.0734. The fourth-order valence-corrected chi connectivity index (χ4v) is 4.32. The number of carbonyl (C=O) groups is 1. The smallest absolute Gasteiger partial charge is 0.263 e. The van der Waals surface area contributed by atoms with Crippen molar-refractivity contribution >= 4 is 44.8 Å². The molecule has 9 heteroatoms. The second-order valence-electron chi connectivity index (χ2n) is 5.96. The number of nitrogens with zero attached hydrogens (tertiary/aromatic N) is 1. The van der Waals surface area contributed by atoms with E-state index in [0.29, 0.717) is 27.0 Å². The largest absolute Gasteiger partial charge is 0.476 e. The van der Waals surface area contributed by atoms with Crippen molar-refractivity contribution in [1.82, 2.24) is 5.32 Å². The molecule has 27 heavy (non-hydrogen) atoms. The molecule has 0 radical (unpaired) electrons. The van der Waals surface area contributed by atoms with Crippen LogP contribution in [0, 0.1) is 0 Å². The molecule has 1 amide bonds. The molecule has 0 unspecified atom stereocenters. The van der Waals surface area contributed by atoms with Crippen molar-refractivity contribution < 1.29 is 17.9 Å². The topological polar surface area (TPSA) is 75.7 Å². The van der Waals surface area contributed by atoms with Crippen molar-refractivity contribution in [3.63, 3.8) is 0 Å². The highest BCUT2D eigenvalue weighted by atomic mass is 35.5. The second-order valence-corrected chi connectivity index (χ2v) is 8.99. The molecule has 0 spiro atoms. The van der Waals surface area contributed by atoms with Gasteiger partial charge in [-0.15, -0.1) is 0 Å². The van der Waals surface area contributed by atoms with Crippen LogP contribution in [0.5, 0.6) is 5.75 Å². The molecule has 1 N–H and O–H groups in total. The third-order valence-electron chi connectivity index (χ3n) is 4.20. The van der Waals surface area contributed by atoms with E-state index >= 15 is 0 Å². The molecular formula is C18H18Cl2N2O4S. The number of rotatable bonds is 5. The Labute approximate surface area is 168 Å². The summed E-state index contributed by atoms with van der Waals surface area (Å²) in [4.78, 5) is 12.6. The van der Waals surface area contributed by atoms with E-state index in [4.69, 9.17) is 27.9 Å². The minimum Gasteiger partial charge on any atom is -0.476 e. The van der Waals surface area contributed by atoms with Gasteiger partial charge in [0.25, 0.3) is 5.91 Å². The predicted octanol–water partition coefficient (Wildman–Crippen LogP) is 3.23. The fraction of sp³-hybridized carbons (Fsp3) is 0.278. The third kappa shape index (κ3) is 4.31. The number of fused-ring (bicyclic) bond motifs is 1. The van der Waals surface area contributed by atoms with Crippen LogP contribution in [0.3, 0.4) is 0 Å². The molecule has 2 aromatic carbocycles. The minimum atomic E-state index is -3.54. The maximum Gasteiger partial charge on any atom is 0.263 e. The lowest BCUT2D eigenvalue weighted by molar-refractivity contribution is -0.127. The van der Waals surface area contributed by atoms with E-state index in [1.54, 1.807) is 49.4 Å². The summed E-state index contributed by atoms with van der Waals surface area (Å²) in [5.41, 5.74) is 1.13. The van der Waals surface area contributed by atoms with Gasteiger partial charge in [0.15, 0.2) is 6.10 Å². The van der Waals surface area contributed by atoms with Gasteiger partial charge in [-0.2, -0.15) is 0 Å². The average molecular weight is 429 g/mol. The molecule has 0 saturated heterocycles. The zero-order chi connectivity index (χ0) is 19.6. The Kier molecular flexibility index (Phi) is 5.83. The van der Waals surface area contributed by atoms with E-state index in [9.17, 15) is 13.2 Å². The molecular weight excluding hydrogens is 411 g/mol. The summed E-state index contributed by atoms with van der Waals surface area (Å²) in [5, 5.41) is 3.68. The van der Waals surface area contributed by atoms with Crippen LogP contribution in [0.1, 0.15) is 12.5 Å². The molecule has 2 aromatic rings. The summed E-state index contributed by atoms with van der Waals surface area (Å²) in [6, 6.07) is 11.7. The Morgan fingerprint density at radius 2 is 2.00 bits per heavy atom. The van der Waals surface area contributed by atoms with Gasteiger partial charge in [-0.1, -0.05) is 41.4 Å². The fourth-order valence-electron chi connectivity index (χ4n) is 2.72. The van der Waals surface area contributed by atoms with Crippen LogP contribution in [0.4, 0.5) is 5.69 Å². The number of sulfonamides is 1. The SMILES string of the molecule is CCS(=O)(=O)N1C[C@@H](C(=O)NCc2ccc(Cl)cc2Cl)Oc2ccccc21. The monoisotopic (exact) mass is 428 g/mol. The van der Waals surface area contributed by atoms with Crippen molar-refractivity contribution in [3.05, 3.63) is 58.1 Å². The van der Waals surface area contributed by atoms with Gasteiger partial charge in [0.1, 0.15) is 5.75 Å². The molecule has 0 fully saturated rings. The van der Waals surface area contributed by atoms with Gasteiger partial charge in [-0.05, 0) is 36.8 Å². The summed E-state index contributed by atoms with van der Waals surface area (Å²) < 4.78 is 31.9. The van der Waals surface area contributed by atoms with E-state index in [-0.39, 0.29) is 18.8 Å². The van der Waals surface area contributed by atoms with E-state index in [2.05, 4.69) is 5.32 Å². The number of ether oxygens (including phenoxy) is 1. The zero-order valence-corrected chi connectivity index (χ0v) is 16.8. The molecule has 0 saturated carbocycles. The number of hydrogen-bond acceptors (Lipinski definition) is 4. The van der Waals surface area contributed by atoms with Crippen LogP contribution in [0.2, 0.25) is 10.0 Å². The number of anilines is 1. The average Bonchev–Trinajstić information content (AvgIpc) is 2.66. The highest BCUT2D eigenvalue weighted by molar-refractivity contribution is 7.92. The summed E-state index contributed by atoms with van der Waals surface area (Å²) in [7, 11) is -3.54. The van der Waals surface area contributed by atoms with E-state index in [1.807, 2.05) is 0 Å². The first-order valence-corrected chi connectivity index (χ1v) is 10.7. The van der Waals surface area contributed by atoms with E-state index < -0.39 is 22.0 Å². The molecule has 1 atom stereocenters. The number of halogens is 2. The van der Waals surface area contributed by atoms with E-state index in [1.165, 1.54) is 4.31 Å². The van der Waals surface area contributed by atoms with Crippen LogP contribution in [-0.2, 0) is 21.4 Å². The van der Waals surface area contributed by atoms with Crippen LogP contribution in [0.25, 0.3) is 0 Å². The first-order valence-electron chi connectivity index (χ1n) is 8.29. The number of amides is 1. The lowest BCUT2D eigenvalue weighted by atomic mass is 10.2. The highest BCUT2D eigenvalue weighted by Crippen LogP contribution is 2.35. The predicted molar refractivity (Wildman–Crippen MR) is 106 cm³/mol. The van der Waals surface area contributed by atoms with Crippen molar-refractivity contribution in [2.24, 2.45) is 0 Å². The molecule has 0 bridgehead atoms. The molecule has 1 heterocycles. The van der Waals surface area contributed by atoms with Crippen molar-refractivity contribution in [3.8, 4) is 5.75 Å². The summed E-state index contributed by atoms with van der Waals surface area (Å²) in [6.07, 6.45) is -0.965. The Morgan fingerprint density at radius 1 is 1.26 bits per heavy atom. The normalized spacial score (nSPS) is 16.4. The van der Waals surface area contributed by atoms with Gasteiger partial charge in [-0.25, -0.2) is 8.42 Å². The number of para-hydroxylation sites is 2. The van der Waals surface area contributed by atoms with Gasteiger partial charge in [0.2, 0.25) is 10.0 Å². The summed E-state index contributed by atoms with van der Waals surface area (Å²) in [5.74, 6) is -0.145. The van der Waals surface area contributed by atoms with Gasteiger partial charge in [0, 0.05) is 16.6 Å². The Bertz CT molecular complexity index is 966. The second kappa shape index (κ2) is 7.96. The Balaban J connectivity index is 1.78. The van der Waals surface area contributed by atoms with Crippen LogP contribution in [0.15, 0.2) is 42.5 Å². The highest BCUT2D eigenvalue weighted by Gasteiger charge is 2.35. The van der Waals surface area contributed by atoms with Crippen LogP contribution < -0.4 is 14.4 Å². The Hall–Kier alpha value is -1.96. The quantitative estimate of drug-likeness (QED) is 0.792. The maximum absolute atomic E-state index is 12.6. The van der Waals surface area contributed by atoms with Crippen LogP contribution in [-0.4, -0.2) is 32.7 Å². The molecule has 1 aliphatic heterocycles. The number of benzene rings is 2. The zero-order valence-electron chi connectivity index (χ0n) is 14.5. The number of carbonyl (C=O) groups excluding carboxylic acids is 1. The number of hydrogen-bond donors (Lipinski definition) is 1.